The Labute approximate surface area is 88.7 Å². The van der Waals surface area contributed by atoms with Gasteiger partial charge in [0.1, 0.15) is 0 Å². The van der Waals surface area contributed by atoms with Crippen molar-refractivity contribution < 1.29 is 0 Å². The van der Waals surface area contributed by atoms with Crippen molar-refractivity contribution in [3.63, 3.8) is 0 Å². The van der Waals surface area contributed by atoms with Crippen LogP contribution in [0.2, 0.25) is 0 Å². The topological polar surface area (TPSA) is 12.0 Å². The maximum atomic E-state index is 3.86. The molecule has 1 nitrogen and oxygen atoms in total. The van der Waals surface area contributed by atoms with E-state index in [1.165, 1.54) is 25.7 Å². The van der Waals surface area contributed by atoms with Gasteiger partial charge in [0, 0.05) is 12.1 Å². The Morgan fingerprint density at radius 2 is 1.93 bits per heavy atom. The number of rotatable bonds is 3. The van der Waals surface area contributed by atoms with Gasteiger partial charge in [-0.3, -0.25) is 0 Å². The average Bonchev–Trinajstić information content (AvgIpc) is 2.74. The third-order valence-corrected chi connectivity index (χ3v) is 4.21. The first kappa shape index (κ1) is 10.5. The molecule has 0 saturated heterocycles. The van der Waals surface area contributed by atoms with E-state index in [2.05, 4.69) is 33.0 Å². The van der Waals surface area contributed by atoms with Crippen molar-refractivity contribution in [3.05, 3.63) is 0 Å². The molecule has 2 rings (SSSR count). The van der Waals surface area contributed by atoms with Gasteiger partial charge in [-0.05, 0) is 36.5 Å². The van der Waals surface area contributed by atoms with Crippen LogP contribution in [0.4, 0.5) is 0 Å². The Morgan fingerprint density at radius 1 is 1.21 bits per heavy atom. The van der Waals surface area contributed by atoms with Gasteiger partial charge in [0.05, 0.1) is 0 Å². The van der Waals surface area contributed by atoms with Crippen LogP contribution in [0.3, 0.4) is 0 Å². The van der Waals surface area contributed by atoms with Crippen molar-refractivity contribution in [1.82, 2.24) is 5.32 Å². The van der Waals surface area contributed by atoms with Crippen molar-refractivity contribution in [2.24, 2.45) is 17.3 Å². The van der Waals surface area contributed by atoms with Crippen LogP contribution in [-0.4, -0.2) is 12.1 Å². The van der Waals surface area contributed by atoms with E-state index in [4.69, 9.17) is 0 Å². The van der Waals surface area contributed by atoms with E-state index < -0.39 is 0 Å². The van der Waals surface area contributed by atoms with Crippen LogP contribution >= 0.6 is 0 Å². The van der Waals surface area contributed by atoms with Crippen molar-refractivity contribution in [3.8, 4) is 0 Å². The standard InChI is InChI=1S/C13H25N/c1-5-10-6-11(10)14-12-8-13(3,4)7-9(12)2/h9-12,14H,5-8H2,1-4H3. The molecule has 0 aromatic rings. The predicted octanol–water partition coefficient (Wildman–Crippen LogP) is 3.20. The molecule has 0 amide bonds. The summed E-state index contributed by atoms with van der Waals surface area (Å²) in [6, 6.07) is 1.66. The number of hydrogen-bond acceptors (Lipinski definition) is 1. The summed E-state index contributed by atoms with van der Waals surface area (Å²) in [4.78, 5) is 0. The smallest absolute Gasteiger partial charge is 0.0102 e. The number of nitrogens with one attached hydrogen (secondary N) is 1. The molecular formula is C13H25N. The Balaban J connectivity index is 1.82. The van der Waals surface area contributed by atoms with Gasteiger partial charge in [-0.1, -0.05) is 34.1 Å². The summed E-state index contributed by atoms with van der Waals surface area (Å²) in [7, 11) is 0. The predicted molar refractivity (Wildman–Crippen MR) is 61.3 cm³/mol. The molecule has 82 valence electrons. The van der Waals surface area contributed by atoms with Crippen molar-refractivity contribution >= 4 is 0 Å². The number of hydrogen-bond donors (Lipinski definition) is 1. The maximum Gasteiger partial charge on any atom is 0.0102 e. The first-order chi connectivity index (χ1) is 6.52. The zero-order valence-electron chi connectivity index (χ0n) is 10.1. The van der Waals surface area contributed by atoms with Gasteiger partial charge in [-0.15, -0.1) is 0 Å². The summed E-state index contributed by atoms with van der Waals surface area (Å²) in [6.45, 7) is 9.55. The molecule has 0 heterocycles. The molecule has 2 aliphatic carbocycles. The van der Waals surface area contributed by atoms with Crippen molar-refractivity contribution in [1.29, 1.82) is 0 Å². The lowest BCUT2D eigenvalue weighted by Gasteiger charge is -2.18. The first-order valence-electron chi connectivity index (χ1n) is 6.28. The molecule has 0 bridgehead atoms. The highest BCUT2D eigenvalue weighted by molar-refractivity contribution is 4.99. The van der Waals surface area contributed by atoms with Gasteiger partial charge in [-0.2, -0.15) is 0 Å². The third-order valence-electron chi connectivity index (χ3n) is 4.21. The third kappa shape index (κ3) is 2.13. The van der Waals surface area contributed by atoms with Gasteiger partial charge in [-0.25, -0.2) is 0 Å². The monoisotopic (exact) mass is 195 g/mol. The van der Waals surface area contributed by atoms with E-state index in [1.807, 2.05) is 0 Å². The van der Waals surface area contributed by atoms with Crippen LogP contribution in [0.25, 0.3) is 0 Å². The Kier molecular flexibility index (Phi) is 2.63. The summed E-state index contributed by atoms with van der Waals surface area (Å²) < 4.78 is 0. The van der Waals surface area contributed by atoms with Crippen LogP contribution < -0.4 is 5.32 Å². The molecule has 1 N–H and O–H groups in total. The van der Waals surface area contributed by atoms with Crippen molar-refractivity contribution in [2.45, 2.75) is 65.5 Å². The Morgan fingerprint density at radius 3 is 2.36 bits per heavy atom. The molecule has 0 aliphatic heterocycles. The second kappa shape index (κ2) is 3.52. The summed E-state index contributed by atoms with van der Waals surface area (Å²) in [5, 5.41) is 3.86. The van der Waals surface area contributed by atoms with E-state index in [0.717, 1.165) is 23.9 Å². The quantitative estimate of drug-likeness (QED) is 0.729. The molecule has 0 radical (unpaired) electrons. The minimum Gasteiger partial charge on any atom is -0.311 e. The average molecular weight is 195 g/mol. The molecule has 4 unspecified atom stereocenters. The molecule has 4 atom stereocenters. The molecule has 2 fully saturated rings. The lowest BCUT2D eigenvalue weighted by atomic mass is 9.91. The van der Waals surface area contributed by atoms with Crippen LogP contribution in [0.15, 0.2) is 0 Å². The van der Waals surface area contributed by atoms with Crippen LogP contribution in [0.5, 0.6) is 0 Å². The lowest BCUT2D eigenvalue weighted by Crippen LogP contribution is -2.34. The molecule has 0 aromatic heterocycles. The maximum absolute atomic E-state index is 3.86. The first-order valence-corrected chi connectivity index (χ1v) is 6.28. The van der Waals surface area contributed by atoms with Crippen LogP contribution in [-0.2, 0) is 0 Å². The normalized spacial score (nSPS) is 45.4. The molecule has 2 aliphatic rings. The van der Waals surface area contributed by atoms with E-state index in [0.29, 0.717) is 5.41 Å². The van der Waals surface area contributed by atoms with Gasteiger partial charge < -0.3 is 5.32 Å². The summed E-state index contributed by atoms with van der Waals surface area (Å²) in [5.74, 6) is 1.87. The molecule has 0 spiro atoms. The Hall–Kier alpha value is -0.0400. The largest absolute Gasteiger partial charge is 0.311 e. The minimum atomic E-state index is 0.577. The van der Waals surface area contributed by atoms with E-state index >= 15 is 0 Å². The Bertz CT molecular complexity index is 209. The molecular weight excluding hydrogens is 170 g/mol. The van der Waals surface area contributed by atoms with E-state index in [1.54, 1.807) is 0 Å². The van der Waals surface area contributed by atoms with Gasteiger partial charge in [0.25, 0.3) is 0 Å². The van der Waals surface area contributed by atoms with Gasteiger partial charge in [0.2, 0.25) is 0 Å². The highest BCUT2D eigenvalue weighted by atomic mass is 15.0. The molecule has 2 saturated carbocycles. The molecule has 0 aromatic carbocycles. The summed E-state index contributed by atoms with van der Waals surface area (Å²) in [6.07, 6.45) is 5.57. The highest BCUT2D eigenvalue weighted by Crippen LogP contribution is 2.43. The second-order valence-electron chi connectivity index (χ2n) is 6.33. The summed E-state index contributed by atoms with van der Waals surface area (Å²) >= 11 is 0. The zero-order chi connectivity index (χ0) is 10.3. The van der Waals surface area contributed by atoms with E-state index in [9.17, 15) is 0 Å². The van der Waals surface area contributed by atoms with Gasteiger partial charge in [0.15, 0.2) is 0 Å². The highest BCUT2D eigenvalue weighted by Gasteiger charge is 2.42. The summed E-state index contributed by atoms with van der Waals surface area (Å²) in [5.41, 5.74) is 0.577. The van der Waals surface area contributed by atoms with Crippen LogP contribution in [0, 0.1) is 17.3 Å². The minimum absolute atomic E-state index is 0.577. The van der Waals surface area contributed by atoms with Crippen molar-refractivity contribution in [2.75, 3.05) is 0 Å². The SMILES string of the molecule is CCC1CC1NC1CC(C)(C)CC1C. The molecule has 1 heteroatoms. The lowest BCUT2D eigenvalue weighted by molar-refractivity contribution is 0.361. The fourth-order valence-electron chi connectivity index (χ4n) is 3.29. The fraction of sp³-hybridized carbons (Fsp3) is 1.00. The van der Waals surface area contributed by atoms with E-state index in [-0.39, 0.29) is 0 Å². The second-order valence-corrected chi connectivity index (χ2v) is 6.33. The fourth-order valence-corrected chi connectivity index (χ4v) is 3.29. The van der Waals surface area contributed by atoms with Crippen LogP contribution in [0.1, 0.15) is 53.4 Å². The molecule has 14 heavy (non-hydrogen) atoms. The van der Waals surface area contributed by atoms with Gasteiger partial charge >= 0.3 is 0 Å². The zero-order valence-corrected chi connectivity index (χ0v) is 10.1.